The number of hydrogen-bond donors (Lipinski definition) is 1. The third-order valence-corrected chi connectivity index (χ3v) is 3.45. The van der Waals surface area contributed by atoms with Gasteiger partial charge in [0.1, 0.15) is 0 Å². The van der Waals surface area contributed by atoms with E-state index in [1.807, 2.05) is 18.2 Å². The topological polar surface area (TPSA) is 29.1 Å². The van der Waals surface area contributed by atoms with Crippen LogP contribution in [-0.2, 0) is 0 Å². The van der Waals surface area contributed by atoms with Crippen LogP contribution in [0.3, 0.4) is 0 Å². The van der Waals surface area contributed by atoms with Gasteiger partial charge in [-0.15, -0.1) is 0 Å². The summed E-state index contributed by atoms with van der Waals surface area (Å²) in [5, 5.41) is 4.00. The van der Waals surface area contributed by atoms with Crippen LogP contribution in [0.4, 0.5) is 5.69 Å². The van der Waals surface area contributed by atoms with Crippen LogP contribution < -0.4 is 5.32 Å². The highest BCUT2D eigenvalue weighted by Gasteiger charge is 2.08. The molecule has 2 nitrogen and oxygen atoms in total. The van der Waals surface area contributed by atoms with Crippen LogP contribution in [0.15, 0.2) is 60.8 Å². The molecular formula is C16H13Cl2NO. The zero-order valence-corrected chi connectivity index (χ0v) is 12.2. The minimum Gasteiger partial charge on any atom is -0.359 e. The summed E-state index contributed by atoms with van der Waals surface area (Å²) in [6, 6.07) is 14.3. The fraction of sp³-hybridized carbons (Fsp3) is 0.0625. The predicted molar refractivity (Wildman–Crippen MR) is 84.6 cm³/mol. The quantitative estimate of drug-likeness (QED) is 0.770. The molecule has 0 bridgehead atoms. The fourth-order valence-electron chi connectivity index (χ4n) is 1.74. The number of carbonyl (C=O) groups excluding carboxylic acids is 1. The number of anilines is 1. The summed E-state index contributed by atoms with van der Waals surface area (Å²) in [7, 11) is 0. The normalized spacial score (nSPS) is 10.1. The van der Waals surface area contributed by atoms with Crippen molar-refractivity contribution < 1.29 is 4.79 Å². The SMILES string of the molecule is C=C(CC(=O)c1ccccc1)Nc1ccc(Cl)c(Cl)c1. The van der Waals surface area contributed by atoms with Crippen LogP contribution in [0.1, 0.15) is 16.8 Å². The van der Waals surface area contributed by atoms with E-state index in [9.17, 15) is 4.79 Å². The maximum atomic E-state index is 12.0. The lowest BCUT2D eigenvalue weighted by Crippen LogP contribution is -2.06. The van der Waals surface area contributed by atoms with Crippen molar-refractivity contribution >= 4 is 34.7 Å². The maximum Gasteiger partial charge on any atom is 0.168 e. The second-order valence-electron chi connectivity index (χ2n) is 4.32. The first-order valence-corrected chi connectivity index (χ1v) is 6.80. The van der Waals surface area contributed by atoms with E-state index in [-0.39, 0.29) is 12.2 Å². The minimum absolute atomic E-state index is 0.0168. The Hall–Kier alpha value is -1.77. The molecule has 0 amide bonds. The van der Waals surface area contributed by atoms with E-state index in [4.69, 9.17) is 23.2 Å². The minimum atomic E-state index is 0.0168. The molecule has 0 atom stereocenters. The van der Waals surface area contributed by atoms with Gasteiger partial charge in [0, 0.05) is 16.9 Å². The molecule has 0 aliphatic carbocycles. The third kappa shape index (κ3) is 3.86. The Balaban J connectivity index is 1.99. The molecule has 0 saturated heterocycles. The van der Waals surface area contributed by atoms with Gasteiger partial charge in [-0.2, -0.15) is 0 Å². The van der Waals surface area contributed by atoms with Crippen molar-refractivity contribution in [3.63, 3.8) is 0 Å². The molecule has 0 saturated carbocycles. The Labute approximate surface area is 128 Å². The van der Waals surface area contributed by atoms with Gasteiger partial charge in [0.15, 0.2) is 5.78 Å². The molecule has 0 spiro atoms. The zero-order chi connectivity index (χ0) is 14.5. The molecule has 0 aliphatic heterocycles. The molecule has 2 aromatic carbocycles. The van der Waals surface area contributed by atoms with Gasteiger partial charge < -0.3 is 5.32 Å². The largest absolute Gasteiger partial charge is 0.359 e. The number of ketones is 1. The smallest absolute Gasteiger partial charge is 0.168 e. The summed E-state index contributed by atoms with van der Waals surface area (Å²) < 4.78 is 0. The average Bonchev–Trinajstić information content (AvgIpc) is 2.44. The van der Waals surface area contributed by atoms with Gasteiger partial charge in [-0.05, 0) is 18.2 Å². The summed E-state index contributed by atoms with van der Waals surface area (Å²) in [5.74, 6) is 0.0168. The lowest BCUT2D eigenvalue weighted by Gasteiger charge is -2.10. The van der Waals surface area contributed by atoms with Gasteiger partial charge in [-0.3, -0.25) is 4.79 Å². The molecule has 0 aromatic heterocycles. The van der Waals surface area contributed by atoms with E-state index < -0.39 is 0 Å². The molecule has 0 radical (unpaired) electrons. The molecule has 2 rings (SSSR count). The average molecular weight is 306 g/mol. The highest BCUT2D eigenvalue weighted by atomic mass is 35.5. The number of rotatable bonds is 5. The van der Waals surface area contributed by atoms with Crippen molar-refractivity contribution in [3.8, 4) is 0 Å². The molecule has 2 aromatic rings. The molecule has 4 heteroatoms. The molecule has 0 aliphatic rings. The highest BCUT2D eigenvalue weighted by molar-refractivity contribution is 6.42. The van der Waals surface area contributed by atoms with E-state index >= 15 is 0 Å². The zero-order valence-electron chi connectivity index (χ0n) is 10.7. The van der Waals surface area contributed by atoms with Gasteiger partial charge >= 0.3 is 0 Å². The third-order valence-electron chi connectivity index (χ3n) is 2.71. The van der Waals surface area contributed by atoms with Gasteiger partial charge in [0.05, 0.1) is 16.5 Å². The molecule has 20 heavy (non-hydrogen) atoms. The Kier molecular flexibility index (Phi) is 4.83. The molecule has 0 unspecified atom stereocenters. The Morgan fingerprint density at radius 2 is 1.75 bits per heavy atom. The van der Waals surface area contributed by atoms with E-state index in [0.717, 1.165) is 5.69 Å². The number of carbonyl (C=O) groups is 1. The van der Waals surface area contributed by atoms with Crippen molar-refractivity contribution in [2.45, 2.75) is 6.42 Å². The van der Waals surface area contributed by atoms with Crippen LogP contribution in [-0.4, -0.2) is 5.78 Å². The molecule has 102 valence electrons. The van der Waals surface area contributed by atoms with Gasteiger partial charge in [0.25, 0.3) is 0 Å². The molecule has 1 N–H and O–H groups in total. The van der Waals surface area contributed by atoms with Gasteiger partial charge in [-0.1, -0.05) is 60.1 Å². The molecular weight excluding hydrogens is 293 g/mol. The number of nitrogens with one attached hydrogen (secondary N) is 1. The van der Waals surface area contributed by atoms with Gasteiger partial charge in [0.2, 0.25) is 0 Å². The highest BCUT2D eigenvalue weighted by Crippen LogP contribution is 2.26. The lowest BCUT2D eigenvalue weighted by molar-refractivity contribution is 0.0993. The predicted octanol–water partition coefficient (Wildman–Crippen LogP) is 5.19. The second kappa shape index (κ2) is 6.60. The standard InChI is InChI=1S/C16H13Cl2NO/c1-11(9-16(20)12-5-3-2-4-6-12)19-13-7-8-14(17)15(18)10-13/h2-8,10,19H,1,9H2. The number of hydrogen-bond acceptors (Lipinski definition) is 2. The number of Topliss-reactive ketones (excluding diaryl/α,β-unsaturated/α-hetero) is 1. The first-order valence-electron chi connectivity index (χ1n) is 6.04. The van der Waals surface area contributed by atoms with E-state index in [2.05, 4.69) is 11.9 Å². The van der Waals surface area contributed by atoms with Crippen LogP contribution in [0.2, 0.25) is 10.0 Å². The van der Waals surface area contributed by atoms with Crippen molar-refractivity contribution in [1.29, 1.82) is 0 Å². The van der Waals surface area contributed by atoms with E-state index in [1.54, 1.807) is 30.3 Å². The number of benzene rings is 2. The first-order chi connectivity index (χ1) is 9.56. The monoisotopic (exact) mass is 305 g/mol. The summed E-state index contributed by atoms with van der Waals surface area (Å²) in [5.41, 5.74) is 2.03. The molecule has 0 heterocycles. The first kappa shape index (κ1) is 14.6. The Bertz CT molecular complexity index is 638. The van der Waals surface area contributed by atoms with Crippen LogP contribution >= 0.6 is 23.2 Å². The second-order valence-corrected chi connectivity index (χ2v) is 5.14. The Morgan fingerprint density at radius 1 is 1.05 bits per heavy atom. The van der Waals surface area contributed by atoms with Crippen LogP contribution in [0.5, 0.6) is 0 Å². The van der Waals surface area contributed by atoms with Crippen LogP contribution in [0, 0.1) is 0 Å². The van der Waals surface area contributed by atoms with E-state index in [0.29, 0.717) is 21.3 Å². The van der Waals surface area contributed by atoms with E-state index in [1.165, 1.54) is 0 Å². The maximum absolute atomic E-state index is 12.0. The van der Waals surface area contributed by atoms with Crippen molar-refractivity contribution in [2.75, 3.05) is 5.32 Å². The summed E-state index contributed by atoms with van der Waals surface area (Å²) in [6.07, 6.45) is 0.226. The summed E-state index contributed by atoms with van der Waals surface area (Å²) in [6.45, 7) is 3.86. The Morgan fingerprint density at radius 3 is 2.40 bits per heavy atom. The van der Waals surface area contributed by atoms with Crippen molar-refractivity contribution in [1.82, 2.24) is 0 Å². The van der Waals surface area contributed by atoms with Crippen molar-refractivity contribution in [2.24, 2.45) is 0 Å². The lowest BCUT2D eigenvalue weighted by atomic mass is 10.1. The number of halogens is 2. The fourth-order valence-corrected chi connectivity index (χ4v) is 2.04. The molecule has 0 fully saturated rings. The van der Waals surface area contributed by atoms with Crippen molar-refractivity contribution in [3.05, 3.63) is 76.4 Å². The summed E-state index contributed by atoms with van der Waals surface area (Å²) in [4.78, 5) is 12.0. The van der Waals surface area contributed by atoms with Crippen LogP contribution in [0.25, 0.3) is 0 Å². The van der Waals surface area contributed by atoms with Gasteiger partial charge in [-0.25, -0.2) is 0 Å². The summed E-state index contributed by atoms with van der Waals surface area (Å²) >= 11 is 11.8. The number of allylic oxidation sites excluding steroid dienone is 1.